The molecule has 0 radical (unpaired) electrons. The van der Waals surface area contributed by atoms with E-state index in [0.29, 0.717) is 31.2 Å². The highest BCUT2D eigenvalue weighted by Gasteiger charge is 2.58. The van der Waals surface area contributed by atoms with Gasteiger partial charge in [0.25, 0.3) is 0 Å². The summed E-state index contributed by atoms with van der Waals surface area (Å²) in [6, 6.07) is 0.327. The molecule has 2 rings (SSSR count). The van der Waals surface area contributed by atoms with Crippen LogP contribution < -0.4 is 15.4 Å². The predicted molar refractivity (Wildman–Crippen MR) is 107 cm³/mol. The minimum Gasteiger partial charge on any atom is -0.377 e. The normalized spacial score (nSPS) is 29.0. The summed E-state index contributed by atoms with van der Waals surface area (Å²) in [5.41, 5.74) is 0.0757. The van der Waals surface area contributed by atoms with E-state index in [1.807, 2.05) is 6.92 Å². The molecule has 0 aromatic heterocycles. The molecule has 2 fully saturated rings. The van der Waals surface area contributed by atoms with Gasteiger partial charge in [0.2, 0.25) is 10.0 Å². The summed E-state index contributed by atoms with van der Waals surface area (Å²) in [6.07, 6.45) is 3.77. The summed E-state index contributed by atoms with van der Waals surface area (Å²) in [5.74, 6) is 1.27. The third-order valence-electron chi connectivity index (χ3n) is 4.71. The van der Waals surface area contributed by atoms with Crippen molar-refractivity contribution in [1.82, 2.24) is 15.4 Å². The van der Waals surface area contributed by atoms with Crippen LogP contribution >= 0.6 is 24.0 Å². The second kappa shape index (κ2) is 9.00. The molecule has 0 aromatic carbocycles. The second-order valence-corrected chi connectivity index (χ2v) is 8.80. The Morgan fingerprint density at radius 2 is 2.08 bits per heavy atom. The smallest absolute Gasteiger partial charge is 0.208 e. The van der Waals surface area contributed by atoms with E-state index in [2.05, 4.69) is 34.2 Å². The molecule has 3 atom stereocenters. The fraction of sp³-hybridized carbons (Fsp3) is 0.933. The molecule has 7 nitrogen and oxygen atoms in total. The van der Waals surface area contributed by atoms with Gasteiger partial charge < -0.3 is 15.4 Å². The Balaban J connectivity index is 0.00000288. The highest BCUT2D eigenvalue weighted by Crippen LogP contribution is 2.51. The fourth-order valence-corrected chi connectivity index (χ4v) is 4.14. The minimum absolute atomic E-state index is 0. The molecule has 2 aliphatic rings. The van der Waals surface area contributed by atoms with Crippen LogP contribution in [0.4, 0.5) is 0 Å². The molecule has 0 spiro atoms. The monoisotopic (exact) mass is 474 g/mol. The molecule has 0 aromatic rings. The van der Waals surface area contributed by atoms with Crippen LogP contribution in [0, 0.1) is 11.3 Å². The van der Waals surface area contributed by atoms with Crippen LogP contribution in [0.25, 0.3) is 0 Å². The predicted octanol–water partition coefficient (Wildman–Crippen LogP) is 0.912. The molecule has 1 saturated carbocycles. The Labute approximate surface area is 162 Å². The molecular formula is C15H31IN4O3S. The topological polar surface area (TPSA) is 91.8 Å². The summed E-state index contributed by atoms with van der Waals surface area (Å²) >= 11 is 0. The van der Waals surface area contributed by atoms with Gasteiger partial charge in [-0.1, -0.05) is 13.8 Å². The van der Waals surface area contributed by atoms with Crippen molar-refractivity contribution in [3.8, 4) is 0 Å². The molecule has 0 bridgehead atoms. The molecule has 3 unspecified atom stereocenters. The molecule has 1 aliphatic heterocycles. The van der Waals surface area contributed by atoms with Crippen LogP contribution in [0.3, 0.4) is 0 Å². The van der Waals surface area contributed by atoms with E-state index < -0.39 is 10.0 Å². The van der Waals surface area contributed by atoms with Gasteiger partial charge in [0.1, 0.15) is 0 Å². The number of halogens is 1. The summed E-state index contributed by atoms with van der Waals surface area (Å²) in [4.78, 5) is 4.47. The first-order valence-corrected chi connectivity index (χ1v) is 10.3. The quantitative estimate of drug-likeness (QED) is 0.231. The number of hydrogen-bond donors (Lipinski definition) is 3. The van der Waals surface area contributed by atoms with Crippen molar-refractivity contribution in [3.63, 3.8) is 0 Å². The van der Waals surface area contributed by atoms with Gasteiger partial charge in [0, 0.05) is 37.1 Å². The number of ether oxygens (including phenoxy) is 1. The van der Waals surface area contributed by atoms with Gasteiger partial charge in [0.05, 0.1) is 18.9 Å². The lowest BCUT2D eigenvalue weighted by molar-refractivity contribution is -0.188. The average molecular weight is 474 g/mol. The van der Waals surface area contributed by atoms with Gasteiger partial charge in [-0.3, -0.25) is 4.99 Å². The Hall–Kier alpha value is -0.130. The van der Waals surface area contributed by atoms with Crippen LogP contribution in [0.1, 0.15) is 33.6 Å². The molecule has 1 saturated heterocycles. The zero-order valence-corrected chi connectivity index (χ0v) is 18.1. The highest BCUT2D eigenvalue weighted by molar-refractivity contribution is 14.0. The number of hydrogen-bond acceptors (Lipinski definition) is 4. The third kappa shape index (κ3) is 5.43. The van der Waals surface area contributed by atoms with Crippen LogP contribution in [-0.2, 0) is 14.8 Å². The number of rotatable bonds is 6. The summed E-state index contributed by atoms with van der Waals surface area (Å²) in [5, 5.41) is 6.76. The van der Waals surface area contributed by atoms with E-state index in [1.165, 1.54) is 6.42 Å². The first kappa shape index (κ1) is 21.9. The lowest BCUT2D eigenvalue weighted by Gasteiger charge is -2.60. The highest BCUT2D eigenvalue weighted by atomic mass is 127. The maximum atomic E-state index is 11.1. The Morgan fingerprint density at radius 3 is 2.71 bits per heavy atom. The van der Waals surface area contributed by atoms with Crippen molar-refractivity contribution in [2.24, 2.45) is 16.3 Å². The van der Waals surface area contributed by atoms with Gasteiger partial charge in [-0.25, -0.2) is 13.1 Å². The summed E-state index contributed by atoms with van der Waals surface area (Å²) < 4.78 is 30.5. The number of guanidine groups is 1. The standard InChI is InChI=1S/C15H30N4O3S.HI/c1-5-16-14(17-8-9-18-23(4,20)21)19-12-11-7-6-10-22-13(11)15(12,2)3;/h11-13,18H,5-10H2,1-4H3,(H2,16,17,19);1H. The van der Waals surface area contributed by atoms with Crippen LogP contribution in [0.15, 0.2) is 4.99 Å². The van der Waals surface area contributed by atoms with Gasteiger partial charge in [-0.15, -0.1) is 24.0 Å². The van der Waals surface area contributed by atoms with Crippen LogP contribution in [-0.4, -0.2) is 59.0 Å². The van der Waals surface area contributed by atoms with Crippen LogP contribution in [0.2, 0.25) is 0 Å². The van der Waals surface area contributed by atoms with Crippen molar-refractivity contribution in [2.75, 3.05) is 32.5 Å². The maximum absolute atomic E-state index is 11.1. The van der Waals surface area contributed by atoms with E-state index in [1.54, 1.807) is 0 Å². The van der Waals surface area contributed by atoms with E-state index in [-0.39, 0.29) is 29.4 Å². The lowest BCUT2D eigenvalue weighted by Crippen LogP contribution is -2.71. The number of fused-ring (bicyclic) bond motifs is 1. The fourth-order valence-electron chi connectivity index (χ4n) is 3.68. The van der Waals surface area contributed by atoms with Crippen molar-refractivity contribution in [2.45, 2.75) is 45.8 Å². The van der Waals surface area contributed by atoms with E-state index in [9.17, 15) is 8.42 Å². The van der Waals surface area contributed by atoms with Crippen molar-refractivity contribution < 1.29 is 13.2 Å². The van der Waals surface area contributed by atoms with Gasteiger partial charge in [0.15, 0.2) is 5.96 Å². The molecular weight excluding hydrogens is 443 g/mol. The zero-order valence-electron chi connectivity index (χ0n) is 15.0. The molecule has 1 aliphatic carbocycles. The summed E-state index contributed by atoms with van der Waals surface area (Å²) in [6.45, 7) is 8.81. The first-order valence-electron chi connectivity index (χ1n) is 8.37. The SMILES string of the molecule is CCNC(=NCCNS(C)(=O)=O)NC1C2CCCOC2C1(C)C.I. The number of nitrogens with zero attached hydrogens (tertiary/aromatic N) is 1. The molecule has 24 heavy (non-hydrogen) atoms. The van der Waals surface area contributed by atoms with E-state index >= 15 is 0 Å². The Morgan fingerprint density at radius 1 is 1.38 bits per heavy atom. The van der Waals surface area contributed by atoms with Crippen LogP contribution in [0.5, 0.6) is 0 Å². The van der Waals surface area contributed by atoms with Gasteiger partial charge in [-0.2, -0.15) is 0 Å². The Kier molecular flexibility index (Phi) is 8.21. The molecule has 142 valence electrons. The average Bonchev–Trinajstić information content (AvgIpc) is 2.47. The van der Waals surface area contributed by atoms with Gasteiger partial charge >= 0.3 is 0 Å². The minimum atomic E-state index is -3.16. The maximum Gasteiger partial charge on any atom is 0.208 e. The number of sulfonamides is 1. The van der Waals surface area contributed by atoms with E-state index in [4.69, 9.17) is 4.74 Å². The van der Waals surface area contributed by atoms with Crippen molar-refractivity contribution >= 4 is 40.0 Å². The second-order valence-electron chi connectivity index (χ2n) is 6.97. The lowest BCUT2D eigenvalue weighted by atomic mass is 9.55. The number of nitrogens with one attached hydrogen (secondary N) is 3. The van der Waals surface area contributed by atoms with Crippen molar-refractivity contribution in [3.05, 3.63) is 0 Å². The molecule has 1 heterocycles. The first-order chi connectivity index (χ1) is 10.8. The van der Waals surface area contributed by atoms with Gasteiger partial charge in [-0.05, 0) is 19.8 Å². The Bertz CT molecular complexity index is 539. The molecule has 9 heteroatoms. The summed E-state index contributed by atoms with van der Waals surface area (Å²) in [7, 11) is -3.16. The van der Waals surface area contributed by atoms with E-state index in [0.717, 1.165) is 31.8 Å². The number of aliphatic imine (C=N–C) groups is 1. The zero-order chi connectivity index (χ0) is 17.1. The van der Waals surface area contributed by atoms with Crippen molar-refractivity contribution in [1.29, 1.82) is 0 Å². The largest absolute Gasteiger partial charge is 0.377 e. The molecule has 0 amide bonds. The molecule has 3 N–H and O–H groups in total. The third-order valence-corrected chi connectivity index (χ3v) is 5.44.